The van der Waals surface area contributed by atoms with Crippen LogP contribution in [0.25, 0.3) is 11.2 Å². The van der Waals surface area contributed by atoms with E-state index in [1.54, 1.807) is 30.5 Å². The fourth-order valence-corrected chi connectivity index (χ4v) is 4.31. The highest BCUT2D eigenvalue weighted by molar-refractivity contribution is 6.42. The number of halogens is 3. The maximum absolute atomic E-state index is 13.3. The highest BCUT2D eigenvalue weighted by atomic mass is 35.5. The fraction of sp³-hybridized carbons (Fsp3) is 0.368. The minimum absolute atomic E-state index is 0.223. The largest absolute Gasteiger partial charge is 0.341 e. The lowest BCUT2D eigenvalue weighted by molar-refractivity contribution is -0.190. The molecule has 0 amide bonds. The maximum atomic E-state index is 13.3. The van der Waals surface area contributed by atoms with Gasteiger partial charge in [-0.1, -0.05) is 34.8 Å². The van der Waals surface area contributed by atoms with E-state index in [4.69, 9.17) is 49.0 Å². The molecule has 0 saturated carbocycles. The van der Waals surface area contributed by atoms with Gasteiger partial charge in [-0.15, -0.1) is 0 Å². The number of carbonyl (C=O) groups excluding carboxylic acids is 1. The number of aromatic nitrogens is 4. The molecule has 156 valence electrons. The molecule has 2 aliphatic heterocycles. The number of carbonyl (C=O) groups is 1. The maximum Gasteiger partial charge on any atom is 0.194 e. The van der Waals surface area contributed by atoms with Crippen LogP contribution in [0, 0.1) is 0 Å². The fourth-order valence-electron chi connectivity index (χ4n) is 3.84. The number of ether oxygens (including phenoxy) is 3. The van der Waals surface area contributed by atoms with Gasteiger partial charge in [-0.3, -0.25) is 9.36 Å². The molecule has 0 N–H and O–H groups in total. The van der Waals surface area contributed by atoms with Crippen LogP contribution in [-0.2, 0) is 14.2 Å². The molecule has 0 bridgehead atoms. The normalized spacial score (nSPS) is 27.5. The summed E-state index contributed by atoms with van der Waals surface area (Å²) in [6, 6.07) is 4.68. The quantitative estimate of drug-likeness (QED) is 0.422. The van der Waals surface area contributed by atoms with Crippen molar-refractivity contribution >= 4 is 51.7 Å². The second kappa shape index (κ2) is 7.12. The van der Waals surface area contributed by atoms with E-state index in [-0.39, 0.29) is 16.0 Å². The Bertz CT molecular complexity index is 1170. The average molecular weight is 470 g/mol. The standard InChI is InChI=1S/C19H15Cl3N4O4/c1-19(2)29-14-13(12(27)8-3-4-9(20)10(21)5-8)28-18(15(14)30-19)26-7-25-11-16(22)23-6-24-17(11)26/h3-7,13-15,18H,1-2H3/t13-,14-,15-,18-/m1/s1. The third-order valence-electron chi connectivity index (χ3n) is 5.08. The summed E-state index contributed by atoms with van der Waals surface area (Å²) in [6.45, 7) is 3.57. The topological polar surface area (TPSA) is 88.4 Å². The lowest BCUT2D eigenvalue weighted by Gasteiger charge is -2.24. The molecular weight excluding hydrogens is 455 g/mol. The van der Waals surface area contributed by atoms with Crippen molar-refractivity contribution in [2.45, 2.75) is 44.2 Å². The molecule has 4 heterocycles. The first-order valence-corrected chi connectivity index (χ1v) is 10.2. The van der Waals surface area contributed by atoms with E-state index in [0.717, 1.165) is 0 Å². The lowest BCUT2D eigenvalue weighted by atomic mass is 10.0. The molecule has 11 heteroatoms. The summed E-state index contributed by atoms with van der Waals surface area (Å²) >= 11 is 18.2. The zero-order valence-corrected chi connectivity index (χ0v) is 18.0. The molecule has 4 atom stereocenters. The van der Waals surface area contributed by atoms with Crippen LogP contribution in [0.3, 0.4) is 0 Å². The van der Waals surface area contributed by atoms with Crippen LogP contribution in [0.1, 0.15) is 30.4 Å². The van der Waals surface area contributed by atoms with Gasteiger partial charge in [-0.25, -0.2) is 15.0 Å². The van der Waals surface area contributed by atoms with Gasteiger partial charge < -0.3 is 14.2 Å². The van der Waals surface area contributed by atoms with E-state index in [2.05, 4.69) is 15.0 Å². The number of fused-ring (bicyclic) bond motifs is 2. The first-order chi connectivity index (χ1) is 14.2. The Labute approximate surface area is 186 Å². The van der Waals surface area contributed by atoms with Gasteiger partial charge in [-0.2, -0.15) is 0 Å². The molecule has 0 unspecified atom stereocenters. The van der Waals surface area contributed by atoms with Gasteiger partial charge in [0.2, 0.25) is 0 Å². The van der Waals surface area contributed by atoms with Gasteiger partial charge >= 0.3 is 0 Å². The van der Waals surface area contributed by atoms with Gasteiger partial charge in [0, 0.05) is 5.56 Å². The Morgan fingerprint density at radius 2 is 1.83 bits per heavy atom. The number of rotatable bonds is 3. The number of hydrogen-bond donors (Lipinski definition) is 0. The van der Waals surface area contributed by atoms with Gasteiger partial charge in [0.1, 0.15) is 24.1 Å². The van der Waals surface area contributed by atoms with Crippen LogP contribution in [-0.4, -0.2) is 49.4 Å². The number of imidazole rings is 1. The molecule has 0 aliphatic carbocycles. The predicted octanol–water partition coefficient (Wildman–Crippen LogP) is 4.09. The Morgan fingerprint density at radius 3 is 2.60 bits per heavy atom. The highest BCUT2D eigenvalue weighted by Gasteiger charge is 2.58. The molecule has 3 aromatic rings. The lowest BCUT2D eigenvalue weighted by Crippen LogP contribution is -2.35. The molecule has 2 aliphatic rings. The average Bonchev–Trinajstić information content (AvgIpc) is 3.34. The van der Waals surface area contributed by atoms with E-state index >= 15 is 0 Å². The minimum Gasteiger partial charge on any atom is -0.341 e. The molecule has 0 radical (unpaired) electrons. The Kier molecular flexibility index (Phi) is 4.77. The second-order valence-electron chi connectivity index (χ2n) is 7.49. The molecule has 8 nitrogen and oxygen atoms in total. The van der Waals surface area contributed by atoms with E-state index in [1.165, 1.54) is 18.7 Å². The summed E-state index contributed by atoms with van der Waals surface area (Å²) < 4.78 is 19.9. The summed E-state index contributed by atoms with van der Waals surface area (Å²) in [6.07, 6.45) is 0.0415. The predicted molar refractivity (Wildman–Crippen MR) is 109 cm³/mol. The van der Waals surface area contributed by atoms with Crippen LogP contribution < -0.4 is 0 Å². The van der Waals surface area contributed by atoms with Crippen LogP contribution in [0.2, 0.25) is 15.2 Å². The number of ketones is 1. The van der Waals surface area contributed by atoms with Crippen molar-refractivity contribution in [3.63, 3.8) is 0 Å². The molecule has 2 fully saturated rings. The Balaban J connectivity index is 1.54. The molecular formula is C19H15Cl3N4O4. The van der Waals surface area contributed by atoms with Crippen LogP contribution in [0.5, 0.6) is 0 Å². The summed E-state index contributed by atoms with van der Waals surface area (Å²) in [7, 11) is 0. The van der Waals surface area contributed by atoms with Crippen LogP contribution in [0.15, 0.2) is 30.9 Å². The number of nitrogens with zero attached hydrogens (tertiary/aromatic N) is 4. The molecule has 2 aromatic heterocycles. The summed E-state index contributed by atoms with van der Waals surface area (Å²) in [5, 5.41) is 0.865. The summed E-state index contributed by atoms with van der Waals surface area (Å²) in [5.41, 5.74) is 1.26. The van der Waals surface area contributed by atoms with Crippen LogP contribution in [0.4, 0.5) is 0 Å². The van der Waals surface area contributed by atoms with E-state index in [9.17, 15) is 4.79 Å². The van der Waals surface area contributed by atoms with Crippen molar-refractivity contribution in [2.24, 2.45) is 0 Å². The van der Waals surface area contributed by atoms with E-state index in [0.29, 0.717) is 21.7 Å². The first-order valence-electron chi connectivity index (χ1n) is 9.08. The van der Waals surface area contributed by atoms with Gasteiger partial charge in [0.05, 0.1) is 16.4 Å². The molecule has 30 heavy (non-hydrogen) atoms. The number of Topliss-reactive ketones (excluding diaryl/α,β-unsaturated/α-hetero) is 1. The smallest absolute Gasteiger partial charge is 0.194 e. The van der Waals surface area contributed by atoms with E-state index in [1.807, 2.05) is 0 Å². The third kappa shape index (κ3) is 3.19. The first kappa shape index (κ1) is 20.1. The van der Waals surface area contributed by atoms with Crippen molar-refractivity contribution in [1.29, 1.82) is 0 Å². The third-order valence-corrected chi connectivity index (χ3v) is 6.10. The van der Waals surface area contributed by atoms with Gasteiger partial charge in [0.25, 0.3) is 0 Å². The number of benzene rings is 1. The molecule has 2 saturated heterocycles. The minimum atomic E-state index is -0.922. The highest BCUT2D eigenvalue weighted by Crippen LogP contribution is 2.44. The Hall–Kier alpha value is -1.81. The monoisotopic (exact) mass is 468 g/mol. The van der Waals surface area contributed by atoms with E-state index < -0.39 is 30.3 Å². The van der Waals surface area contributed by atoms with Gasteiger partial charge in [0.15, 0.2) is 34.7 Å². The molecule has 5 rings (SSSR count). The van der Waals surface area contributed by atoms with Crippen molar-refractivity contribution < 1.29 is 19.0 Å². The van der Waals surface area contributed by atoms with Crippen LogP contribution >= 0.6 is 34.8 Å². The zero-order valence-electron chi connectivity index (χ0n) is 15.8. The summed E-state index contributed by atoms with van der Waals surface area (Å²) in [4.78, 5) is 25.7. The van der Waals surface area contributed by atoms with Crippen molar-refractivity contribution in [3.05, 3.63) is 51.6 Å². The Morgan fingerprint density at radius 1 is 1.07 bits per heavy atom. The summed E-state index contributed by atoms with van der Waals surface area (Å²) in [5.74, 6) is -1.18. The zero-order chi connectivity index (χ0) is 21.2. The van der Waals surface area contributed by atoms with Gasteiger partial charge in [-0.05, 0) is 32.0 Å². The van der Waals surface area contributed by atoms with Crippen molar-refractivity contribution in [3.8, 4) is 0 Å². The van der Waals surface area contributed by atoms with Crippen molar-refractivity contribution in [1.82, 2.24) is 19.5 Å². The molecule has 0 spiro atoms. The SMILES string of the molecule is CC1(C)O[C@@H]2[C@H](O1)[C@@H](C(=O)c1ccc(Cl)c(Cl)c1)O[C@H]2n1cnc2c(Cl)ncnc21. The number of hydrogen-bond acceptors (Lipinski definition) is 7. The second-order valence-corrected chi connectivity index (χ2v) is 8.67. The van der Waals surface area contributed by atoms with Crippen molar-refractivity contribution in [2.75, 3.05) is 0 Å². The molecule has 1 aromatic carbocycles.